The molecule has 2 aromatic rings. The van der Waals surface area contributed by atoms with E-state index in [0.29, 0.717) is 6.20 Å². The number of pyridine rings is 1. The summed E-state index contributed by atoms with van der Waals surface area (Å²) in [6.45, 7) is 1.96. The first kappa shape index (κ1) is 17.6. The van der Waals surface area contributed by atoms with Gasteiger partial charge >= 0.3 is 6.18 Å². The number of nitrogens with one attached hydrogen (secondary N) is 1. The van der Waals surface area contributed by atoms with Gasteiger partial charge in [-0.25, -0.2) is 4.98 Å². The highest BCUT2D eigenvalue weighted by Gasteiger charge is 2.31. The summed E-state index contributed by atoms with van der Waals surface area (Å²) in [5, 5.41) is 2.14. The predicted molar refractivity (Wildman–Crippen MR) is 84.8 cm³/mol. The number of carbonyl (C=O) groups is 1. The third kappa shape index (κ3) is 5.14. The van der Waals surface area contributed by atoms with Gasteiger partial charge in [0.2, 0.25) is 5.91 Å². The first-order valence-corrected chi connectivity index (χ1v) is 7.84. The topological polar surface area (TPSA) is 42.0 Å². The summed E-state index contributed by atoms with van der Waals surface area (Å²) in [4.78, 5) is 16.3. The second-order valence-electron chi connectivity index (χ2n) is 4.70. The highest BCUT2D eigenvalue weighted by Crippen LogP contribution is 2.32. The lowest BCUT2D eigenvalue weighted by Crippen LogP contribution is -2.16. The third-order valence-electron chi connectivity index (χ3n) is 2.82. The van der Waals surface area contributed by atoms with E-state index < -0.39 is 17.6 Å². The molecule has 1 aromatic heterocycles. The number of benzene rings is 1. The molecule has 2 rings (SSSR count). The number of hydrogen-bond donors (Lipinski definition) is 1. The van der Waals surface area contributed by atoms with Gasteiger partial charge in [0, 0.05) is 11.1 Å². The van der Waals surface area contributed by atoms with Crippen LogP contribution in [-0.4, -0.2) is 16.6 Å². The third-order valence-corrected chi connectivity index (χ3v) is 4.12. The fourth-order valence-corrected chi connectivity index (χ4v) is 2.55. The number of anilines is 1. The number of alkyl halides is 3. The van der Waals surface area contributed by atoms with E-state index in [1.54, 1.807) is 0 Å². The lowest BCUT2D eigenvalue weighted by molar-refractivity contribution is -0.137. The summed E-state index contributed by atoms with van der Waals surface area (Å²) in [6.07, 6.45) is -3.89. The Morgan fingerprint density at radius 3 is 2.52 bits per heavy atom. The van der Waals surface area contributed by atoms with Crippen molar-refractivity contribution in [3.63, 3.8) is 0 Å². The Hall–Kier alpha value is -1.73. The van der Waals surface area contributed by atoms with E-state index in [4.69, 9.17) is 11.6 Å². The number of hydrogen-bond acceptors (Lipinski definition) is 3. The van der Waals surface area contributed by atoms with Gasteiger partial charge in [0.1, 0.15) is 0 Å². The summed E-state index contributed by atoms with van der Waals surface area (Å²) in [5.41, 5.74) is 0.147. The molecule has 0 bridgehead atoms. The molecule has 1 aromatic carbocycles. The maximum Gasteiger partial charge on any atom is 0.417 e. The average molecular weight is 361 g/mol. The molecule has 0 saturated carbocycles. The molecule has 8 heteroatoms. The molecule has 3 nitrogen and oxygen atoms in total. The first-order chi connectivity index (χ1) is 10.8. The first-order valence-electron chi connectivity index (χ1n) is 6.48. The number of aryl methyl sites for hydroxylation is 1. The second-order valence-corrected chi connectivity index (χ2v) is 6.16. The van der Waals surface area contributed by atoms with Crippen molar-refractivity contribution in [3.8, 4) is 0 Å². The number of nitrogens with zero attached hydrogens (tertiary/aromatic N) is 1. The van der Waals surface area contributed by atoms with Gasteiger partial charge in [-0.05, 0) is 25.1 Å². The maximum absolute atomic E-state index is 12.5. The summed E-state index contributed by atoms with van der Waals surface area (Å²) >= 11 is 7.04. The number of aromatic nitrogens is 1. The van der Waals surface area contributed by atoms with Crippen LogP contribution < -0.4 is 5.32 Å². The Morgan fingerprint density at radius 1 is 1.30 bits per heavy atom. The predicted octanol–water partition coefficient (Wildman–Crippen LogP) is 4.79. The van der Waals surface area contributed by atoms with Crippen molar-refractivity contribution in [1.82, 2.24) is 4.98 Å². The van der Waals surface area contributed by atoms with Gasteiger partial charge in [0.15, 0.2) is 5.82 Å². The van der Waals surface area contributed by atoms with E-state index in [9.17, 15) is 18.0 Å². The van der Waals surface area contributed by atoms with Crippen molar-refractivity contribution >= 4 is 35.1 Å². The smallest absolute Gasteiger partial charge is 0.309 e. The molecule has 122 valence electrons. The molecule has 0 aliphatic heterocycles. The van der Waals surface area contributed by atoms with E-state index in [1.165, 1.54) is 11.8 Å². The zero-order chi connectivity index (χ0) is 17.0. The van der Waals surface area contributed by atoms with Crippen LogP contribution in [0.15, 0.2) is 41.4 Å². The highest BCUT2D eigenvalue weighted by molar-refractivity contribution is 8.00. The Labute approximate surface area is 140 Å². The fourth-order valence-electron chi connectivity index (χ4n) is 1.64. The minimum atomic E-state index is -4.53. The molecule has 0 saturated heterocycles. The lowest BCUT2D eigenvalue weighted by atomic mass is 10.2. The van der Waals surface area contributed by atoms with Crippen LogP contribution in [0.3, 0.4) is 0 Å². The summed E-state index contributed by atoms with van der Waals surface area (Å²) in [7, 11) is 0. The van der Waals surface area contributed by atoms with Crippen molar-refractivity contribution in [3.05, 3.63) is 52.7 Å². The van der Waals surface area contributed by atoms with Crippen LogP contribution in [0, 0.1) is 6.92 Å². The maximum atomic E-state index is 12.5. The van der Waals surface area contributed by atoms with Crippen molar-refractivity contribution < 1.29 is 18.0 Å². The normalized spacial score (nSPS) is 11.3. The van der Waals surface area contributed by atoms with Crippen LogP contribution >= 0.6 is 23.4 Å². The molecule has 0 fully saturated rings. The van der Waals surface area contributed by atoms with E-state index in [-0.39, 0.29) is 16.6 Å². The SMILES string of the molecule is Cc1ccc(SCC(=O)Nc2ncc(C(F)(F)F)cc2Cl)cc1. The molecule has 1 N–H and O–H groups in total. The standard InChI is InChI=1S/C15H12ClF3N2OS/c1-9-2-4-11(5-3-9)23-8-13(22)21-14-12(16)6-10(7-20-14)15(17,18)19/h2-7H,8H2,1H3,(H,20,21,22). The van der Waals surface area contributed by atoms with Crippen LogP contribution in [0.4, 0.5) is 19.0 Å². The summed E-state index contributed by atoms with van der Waals surface area (Å²) in [5.74, 6) is -0.388. The number of carbonyl (C=O) groups excluding carboxylic acids is 1. The molecule has 0 aliphatic carbocycles. The number of rotatable bonds is 4. The van der Waals surface area contributed by atoms with Crippen LogP contribution in [0.1, 0.15) is 11.1 Å². The number of amides is 1. The van der Waals surface area contributed by atoms with Gasteiger partial charge < -0.3 is 5.32 Å². The molecule has 0 aliphatic rings. The van der Waals surface area contributed by atoms with E-state index in [0.717, 1.165) is 16.5 Å². The molecule has 23 heavy (non-hydrogen) atoms. The number of thioether (sulfide) groups is 1. The molecule has 0 atom stereocenters. The molecule has 0 spiro atoms. The van der Waals surface area contributed by atoms with Crippen molar-refractivity contribution in [1.29, 1.82) is 0 Å². The highest BCUT2D eigenvalue weighted by atomic mass is 35.5. The average Bonchev–Trinajstić information content (AvgIpc) is 2.48. The monoisotopic (exact) mass is 360 g/mol. The molecule has 0 radical (unpaired) electrons. The molecular formula is C15H12ClF3N2OS. The van der Waals surface area contributed by atoms with Crippen LogP contribution in [-0.2, 0) is 11.0 Å². The Kier molecular flexibility index (Phi) is 5.54. The van der Waals surface area contributed by atoms with Gasteiger partial charge in [0.25, 0.3) is 0 Å². The zero-order valence-electron chi connectivity index (χ0n) is 11.9. The Balaban J connectivity index is 1.96. The molecule has 0 unspecified atom stereocenters. The van der Waals surface area contributed by atoms with Gasteiger partial charge in [-0.2, -0.15) is 13.2 Å². The lowest BCUT2D eigenvalue weighted by Gasteiger charge is -2.10. The van der Waals surface area contributed by atoms with E-state index in [1.807, 2.05) is 31.2 Å². The van der Waals surface area contributed by atoms with Gasteiger partial charge in [0.05, 0.1) is 16.3 Å². The zero-order valence-corrected chi connectivity index (χ0v) is 13.5. The minimum Gasteiger partial charge on any atom is -0.309 e. The van der Waals surface area contributed by atoms with Gasteiger partial charge in [-0.1, -0.05) is 29.3 Å². The van der Waals surface area contributed by atoms with Crippen molar-refractivity contribution in [2.45, 2.75) is 18.0 Å². The minimum absolute atomic E-state index is 0.0887. The Bertz CT molecular complexity index is 705. The summed E-state index contributed by atoms with van der Waals surface area (Å²) in [6, 6.07) is 8.35. The van der Waals surface area contributed by atoms with Gasteiger partial charge in [-0.3, -0.25) is 4.79 Å². The summed E-state index contributed by atoms with van der Waals surface area (Å²) < 4.78 is 37.5. The fraction of sp³-hybridized carbons (Fsp3) is 0.200. The van der Waals surface area contributed by atoms with E-state index in [2.05, 4.69) is 10.3 Å². The number of halogens is 4. The van der Waals surface area contributed by atoms with Crippen molar-refractivity contribution in [2.75, 3.05) is 11.1 Å². The van der Waals surface area contributed by atoms with Crippen LogP contribution in [0.5, 0.6) is 0 Å². The quantitative estimate of drug-likeness (QED) is 0.797. The molecular weight excluding hydrogens is 349 g/mol. The molecule has 1 amide bonds. The largest absolute Gasteiger partial charge is 0.417 e. The van der Waals surface area contributed by atoms with E-state index >= 15 is 0 Å². The van der Waals surface area contributed by atoms with Gasteiger partial charge in [-0.15, -0.1) is 11.8 Å². The Morgan fingerprint density at radius 2 is 1.96 bits per heavy atom. The molecule has 1 heterocycles. The second kappa shape index (κ2) is 7.23. The van der Waals surface area contributed by atoms with Crippen LogP contribution in [0.25, 0.3) is 0 Å². The van der Waals surface area contributed by atoms with Crippen molar-refractivity contribution in [2.24, 2.45) is 0 Å². The van der Waals surface area contributed by atoms with Crippen LogP contribution in [0.2, 0.25) is 5.02 Å².